The number of carboxylic acids is 1. The maximum atomic E-state index is 13.4. The van der Waals surface area contributed by atoms with E-state index in [1.165, 1.54) is 16.1 Å². The lowest BCUT2D eigenvalue weighted by molar-refractivity contribution is 0.0690. The molecule has 7 heteroatoms. The predicted molar refractivity (Wildman–Crippen MR) is 137 cm³/mol. The number of hydrogen-bond donors (Lipinski definition) is 2. The second kappa shape index (κ2) is 10.3. The number of benzene rings is 3. The molecule has 0 unspecified atom stereocenters. The number of rotatable bonds is 9. The van der Waals surface area contributed by atoms with Gasteiger partial charge in [0.05, 0.1) is 5.69 Å². The van der Waals surface area contributed by atoms with E-state index in [0.717, 1.165) is 24.0 Å². The van der Waals surface area contributed by atoms with Gasteiger partial charge in [0.25, 0.3) is 5.56 Å². The summed E-state index contributed by atoms with van der Waals surface area (Å²) in [5, 5.41) is 12.0. The number of aromatic carboxylic acids is 1. The van der Waals surface area contributed by atoms with Crippen LogP contribution in [-0.2, 0) is 19.4 Å². The van der Waals surface area contributed by atoms with Gasteiger partial charge < -0.3 is 9.84 Å². The van der Waals surface area contributed by atoms with Crippen LogP contribution >= 0.6 is 0 Å². The Morgan fingerprint density at radius 1 is 0.889 bits per heavy atom. The van der Waals surface area contributed by atoms with E-state index >= 15 is 0 Å². The fourth-order valence-corrected chi connectivity index (χ4v) is 4.20. The number of aryl methyl sites for hydroxylation is 1. The Bertz CT molecular complexity index is 1540. The lowest BCUT2D eigenvalue weighted by atomic mass is 10.0. The van der Waals surface area contributed by atoms with Crippen molar-refractivity contribution in [3.05, 3.63) is 124 Å². The first-order chi connectivity index (χ1) is 17.6. The highest BCUT2D eigenvalue weighted by atomic mass is 16.5. The number of fused-ring (bicyclic) bond motifs is 1. The van der Waals surface area contributed by atoms with Crippen LogP contribution in [0.2, 0.25) is 0 Å². The highest BCUT2D eigenvalue weighted by Crippen LogP contribution is 2.25. The first-order valence-corrected chi connectivity index (χ1v) is 11.8. The van der Waals surface area contributed by atoms with Gasteiger partial charge in [-0.2, -0.15) is 0 Å². The van der Waals surface area contributed by atoms with E-state index in [-0.39, 0.29) is 16.9 Å². The number of aromatic amines is 1. The largest absolute Gasteiger partial charge is 0.489 e. The lowest BCUT2D eigenvalue weighted by Gasteiger charge is -2.11. The van der Waals surface area contributed by atoms with Crippen LogP contribution in [0.3, 0.4) is 0 Å². The summed E-state index contributed by atoms with van der Waals surface area (Å²) in [6.07, 6.45) is 2.08. The number of hydrogen-bond acceptors (Lipinski definition) is 4. The van der Waals surface area contributed by atoms with Gasteiger partial charge in [-0.25, -0.2) is 14.3 Å². The SMILES string of the molecule is O=C(O)c1cc2nc(-c3ccc(OCc4ccccc4)cc3)c(CCCc3ccccc3)c(=O)n2[nH]1. The van der Waals surface area contributed by atoms with Crippen LogP contribution in [0.25, 0.3) is 16.9 Å². The minimum Gasteiger partial charge on any atom is -0.489 e. The number of nitrogens with one attached hydrogen (secondary N) is 1. The molecule has 0 saturated heterocycles. The number of aromatic nitrogens is 3. The van der Waals surface area contributed by atoms with Crippen molar-refractivity contribution >= 4 is 11.6 Å². The fraction of sp³-hybridized carbons (Fsp3) is 0.138. The molecule has 0 aliphatic rings. The number of carboxylic acid groups (broad SMARTS) is 1. The molecule has 5 aromatic rings. The van der Waals surface area contributed by atoms with Crippen molar-refractivity contribution in [2.75, 3.05) is 0 Å². The van der Waals surface area contributed by atoms with E-state index in [2.05, 4.69) is 22.2 Å². The van der Waals surface area contributed by atoms with Crippen molar-refractivity contribution < 1.29 is 14.6 Å². The van der Waals surface area contributed by atoms with Crippen molar-refractivity contribution in [3.8, 4) is 17.0 Å². The third kappa shape index (κ3) is 5.05. The van der Waals surface area contributed by atoms with Crippen molar-refractivity contribution in [1.29, 1.82) is 0 Å². The van der Waals surface area contributed by atoms with E-state index in [9.17, 15) is 14.7 Å². The summed E-state index contributed by atoms with van der Waals surface area (Å²) in [6, 6.07) is 28.9. The van der Waals surface area contributed by atoms with Gasteiger partial charge in [-0.3, -0.25) is 9.89 Å². The molecule has 180 valence electrons. The molecular weight excluding hydrogens is 454 g/mol. The summed E-state index contributed by atoms with van der Waals surface area (Å²) < 4.78 is 7.10. The molecule has 7 nitrogen and oxygen atoms in total. The van der Waals surface area contributed by atoms with Gasteiger partial charge in [0.15, 0.2) is 5.65 Å². The zero-order valence-corrected chi connectivity index (χ0v) is 19.6. The van der Waals surface area contributed by atoms with Crippen LogP contribution in [0.4, 0.5) is 0 Å². The van der Waals surface area contributed by atoms with E-state index in [0.29, 0.717) is 30.0 Å². The van der Waals surface area contributed by atoms with Crippen LogP contribution < -0.4 is 10.3 Å². The molecule has 0 spiro atoms. The van der Waals surface area contributed by atoms with E-state index in [4.69, 9.17) is 4.74 Å². The molecule has 3 aromatic carbocycles. The Labute approximate surface area is 207 Å². The summed E-state index contributed by atoms with van der Waals surface area (Å²) in [5.41, 5.74) is 4.03. The van der Waals surface area contributed by atoms with Crippen LogP contribution in [0.5, 0.6) is 5.75 Å². The fourth-order valence-electron chi connectivity index (χ4n) is 4.20. The molecule has 5 rings (SSSR count). The summed E-state index contributed by atoms with van der Waals surface area (Å²) >= 11 is 0. The molecular formula is C29H25N3O4. The summed E-state index contributed by atoms with van der Waals surface area (Å²) in [6.45, 7) is 0.456. The predicted octanol–water partition coefficient (Wildman–Crippen LogP) is 5.14. The second-order valence-corrected chi connectivity index (χ2v) is 8.55. The van der Waals surface area contributed by atoms with Crippen LogP contribution in [0.15, 0.2) is 95.8 Å². The molecule has 2 N–H and O–H groups in total. The monoisotopic (exact) mass is 479 g/mol. The number of nitrogens with zero attached hydrogens (tertiary/aromatic N) is 2. The number of carbonyl (C=O) groups is 1. The normalized spacial score (nSPS) is 11.0. The Morgan fingerprint density at radius 3 is 2.22 bits per heavy atom. The maximum absolute atomic E-state index is 13.4. The van der Waals surface area contributed by atoms with E-state index in [1.807, 2.05) is 72.8 Å². The Morgan fingerprint density at radius 2 is 1.56 bits per heavy atom. The average molecular weight is 480 g/mol. The van der Waals surface area contributed by atoms with Gasteiger partial charge in [-0.1, -0.05) is 60.7 Å². The lowest BCUT2D eigenvalue weighted by Crippen LogP contribution is -2.22. The van der Waals surface area contributed by atoms with Crippen LogP contribution in [0.1, 0.15) is 33.6 Å². The Kier molecular flexibility index (Phi) is 6.62. The van der Waals surface area contributed by atoms with Crippen molar-refractivity contribution in [2.45, 2.75) is 25.9 Å². The molecule has 0 saturated carbocycles. The molecule has 2 aromatic heterocycles. The summed E-state index contributed by atoms with van der Waals surface area (Å²) in [7, 11) is 0. The standard InChI is InChI=1S/C29H25N3O4/c33-28-24(13-7-12-20-8-3-1-4-9-20)27(30-26-18-25(29(34)35)31-32(26)28)22-14-16-23(17-15-22)36-19-21-10-5-2-6-11-21/h1-6,8-11,14-18,31H,7,12-13,19H2,(H,34,35). The van der Waals surface area contributed by atoms with Gasteiger partial charge >= 0.3 is 5.97 Å². The van der Waals surface area contributed by atoms with Gasteiger partial charge in [-0.05, 0) is 54.7 Å². The van der Waals surface area contributed by atoms with E-state index < -0.39 is 5.97 Å². The minimum atomic E-state index is -1.15. The molecule has 0 aliphatic carbocycles. The first kappa shape index (κ1) is 23.1. The molecule has 0 aliphatic heterocycles. The van der Waals surface area contributed by atoms with Crippen molar-refractivity contribution in [1.82, 2.24) is 14.6 Å². The Hall–Kier alpha value is -4.65. The first-order valence-electron chi connectivity index (χ1n) is 11.8. The topological polar surface area (TPSA) is 96.7 Å². The van der Waals surface area contributed by atoms with Gasteiger partial charge in [0.2, 0.25) is 0 Å². The minimum absolute atomic E-state index is 0.0864. The summed E-state index contributed by atoms with van der Waals surface area (Å²) in [5.74, 6) is -0.437. The maximum Gasteiger partial charge on any atom is 0.353 e. The highest BCUT2D eigenvalue weighted by molar-refractivity contribution is 5.86. The third-order valence-electron chi connectivity index (χ3n) is 6.05. The third-order valence-corrected chi connectivity index (χ3v) is 6.05. The quantitative estimate of drug-likeness (QED) is 0.305. The molecule has 0 fully saturated rings. The Balaban J connectivity index is 1.45. The highest BCUT2D eigenvalue weighted by Gasteiger charge is 2.18. The second-order valence-electron chi connectivity index (χ2n) is 8.55. The summed E-state index contributed by atoms with van der Waals surface area (Å²) in [4.78, 5) is 29.6. The molecule has 0 bridgehead atoms. The molecule has 0 atom stereocenters. The van der Waals surface area contributed by atoms with Crippen LogP contribution in [-0.4, -0.2) is 25.7 Å². The van der Waals surface area contributed by atoms with Crippen molar-refractivity contribution in [3.63, 3.8) is 0 Å². The molecule has 0 radical (unpaired) electrons. The zero-order chi connectivity index (χ0) is 24.9. The van der Waals surface area contributed by atoms with Gasteiger partial charge in [0, 0.05) is 17.2 Å². The van der Waals surface area contributed by atoms with Gasteiger partial charge in [0.1, 0.15) is 18.1 Å². The number of ether oxygens (including phenoxy) is 1. The molecule has 2 heterocycles. The van der Waals surface area contributed by atoms with E-state index in [1.54, 1.807) is 0 Å². The van der Waals surface area contributed by atoms with Crippen LogP contribution in [0, 0.1) is 0 Å². The number of H-pyrrole nitrogens is 1. The zero-order valence-electron chi connectivity index (χ0n) is 19.6. The van der Waals surface area contributed by atoms with Crippen molar-refractivity contribution in [2.24, 2.45) is 0 Å². The smallest absolute Gasteiger partial charge is 0.353 e. The van der Waals surface area contributed by atoms with Gasteiger partial charge in [-0.15, -0.1) is 0 Å². The molecule has 36 heavy (non-hydrogen) atoms. The average Bonchev–Trinajstić information content (AvgIpc) is 3.35. The molecule has 0 amide bonds.